The minimum atomic E-state index is -0.0395. The summed E-state index contributed by atoms with van der Waals surface area (Å²) in [4.78, 5) is 18.8. The van der Waals surface area contributed by atoms with Gasteiger partial charge in [0.25, 0.3) is 5.91 Å². The van der Waals surface area contributed by atoms with Crippen LogP contribution in [0.5, 0.6) is 0 Å². The minimum absolute atomic E-state index is 0.0395. The van der Waals surface area contributed by atoms with E-state index >= 15 is 0 Å². The van der Waals surface area contributed by atoms with Gasteiger partial charge in [-0.15, -0.1) is 0 Å². The predicted octanol–water partition coefficient (Wildman–Crippen LogP) is 1.68. The van der Waals surface area contributed by atoms with E-state index in [1.54, 1.807) is 23.1 Å². The van der Waals surface area contributed by atoms with Gasteiger partial charge in [-0.2, -0.15) is 10.2 Å². The number of hydrogen-bond donors (Lipinski definition) is 2. The number of nitrogens with one attached hydrogen (secondary N) is 1. The van der Waals surface area contributed by atoms with E-state index in [1.807, 2.05) is 29.3 Å². The largest absolute Gasteiger partial charge is 0.394 e. The number of likely N-dealkylation sites (tertiary alicyclic amines) is 1. The summed E-state index contributed by atoms with van der Waals surface area (Å²) in [5.41, 5.74) is 3.12. The molecule has 3 aromatic heterocycles. The molecule has 0 spiro atoms. The number of aliphatic hydroxyl groups is 1. The number of rotatable bonds is 5. The molecule has 1 aliphatic rings. The first-order valence-electron chi connectivity index (χ1n) is 9.14. The second kappa shape index (κ2) is 7.71. The molecule has 0 radical (unpaired) electrons. The van der Waals surface area contributed by atoms with Crippen LogP contribution in [0.2, 0.25) is 0 Å². The van der Waals surface area contributed by atoms with Crippen LogP contribution in [0.4, 0.5) is 0 Å². The van der Waals surface area contributed by atoms with Gasteiger partial charge < -0.3 is 10.0 Å². The number of carbonyl (C=O) groups excluding carboxylic acids is 1. The molecule has 0 bridgehead atoms. The van der Waals surface area contributed by atoms with Gasteiger partial charge >= 0.3 is 0 Å². The number of hydrogen-bond acceptors (Lipinski definition) is 5. The third-order valence-electron chi connectivity index (χ3n) is 4.90. The third kappa shape index (κ3) is 3.75. The Morgan fingerprint density at radius 2 is 2.15 bits per heavy atom. The quantitative estimate of drug-likeness (QED) is 0.716. The fourth-order valence-electron chi connectivity index (χ4n) is 3.50. The van der Waals surface area contributed by atoms with Crippen molar-refractivity contribution < 1.29 is 9.90 Å². The Kier molecular flexibility index (Phi) is 4.97. The Morgan fingerprint density at radius 1 is 1.30 bits per heavy atom. The van der Waals surface area contributed by atoms with Crippen LogP contribution in [0.3, 0.4) is 0 Å². The fourth-order valence-corrected chi connectivity index (χ4v) is 3.50. The van der Waals surface area contributed by atoms with E-state index in [0.717, 1.165) is 36.3 Å². The molecule has 0 unspecified atom stereocenters. The second-order valence-electron chi connectivity index (χ2n) is 6.72. The normalized spacial score (nSPS) is 17.2. The van der Waals surface area contributed by atoms with Crippen LogP contribution in [0, 0.1) is 0 Å². The van der Waals surface area contributed by atoms with Crippen molar-refractivity contribution in [3.05, 3.63) is 54.2 Å². The maximum atomic E-state index is 12.9. The number of pyridine rings is 1. The summed E-state index contributed by atoms with van der Waals surface area (Å²) in [6.07, 6.45) is 7.23. The number of carbonyl (C=O) groups is 1. The van der Waals surface area contributed by atoms with Crippen LogP contribution in [0.15, 0.2) is 42.9 Å². The SMILES string of the molecule is O=C(c1cc(-c2ccncc2)n[nH]1)N1CCC[C@@H](c2ccn(CCO)n2)C1. The summed E-state index contributed by atoms with van der Waals surface area (Å²) in [7, 11) is 0. The monoisotopic (exact) mass is 366 g/mol. The van der Waals surface area contributed by atoms with Crippen LogP contribution in [-0.4, -0.2) is 60.6 Å². The zero-order valence-corrected chi connectivity index (χ0v) is 15.0. The Morgan fingerprint density at radius 3 is 2.96 bits per heavy atom. The summed E-state index contributed by atoms with van der Waals surface area (Å²) < 4.78 is 1.74. The van der Waals surface area contributed by atoms with Crippen molar-refractivity contribution in [2.45, 2.75) is 25.3 Å². The lowest BCUT2D eigenvalue weighted by atomic mass is 9.95. The first kappa shape index (κ1) is 17.4. The molecule has 140 valence electrons. The molecule has 1 fully saturated rings. The van der Waals surface area contributed by atoms with E-state index < -0.39 is 0 Å². The summed E-state index contributed by atoms with van der Waals surface area (Å²) in [6, 6.07) is 7.50. The first-order valence-corrected chi connectivity index (χ1v) is 9.14. The van der Waals surface area contributed by atoms with E-state index in [4.69, 9.17) is 5.11 Å². The fraction of sp³-hybridized carbons (Fsp3) is 0.368. The van der Waals surface area contributed by atoms with Crippen LogP contribution < -0.4 is 0 Å². The van der Waals surface area contributed by atoms with Gasteiger partial charge in [0.15, 0.2) is 0 Å². The number of aromatic amines is 1. The van der Waals surface area contributed by atoms with Gasteiger partial charge in [0, 0.05) is 43.2 Å². The van der Waals surface area contributed by atoms with Crippen molar-refractivity contribution in [3.63, 3.8) is 0 Å². The minimum Gasteiger partial charge on any atom is -0.394 e. The zero-order chi connectivity index (χ0) is 18.6. The molecular formula is C19H22N6O2. The molecule has 1 amide bonds. The number of H-pyrrole nitrogens is 1. The molecule has 8 nitrogen and oxygen atoms in total. The molecule has 1 saturated heterocycles. The highest BCUT2D eigenvalue weighted by Gasteiger charge is 2.27. The second-order valence-corrected chi connectivity index (χ2v) is 6.72. The number of aliphatic hydroxyl groups excluding tert-OH is 1. The Balaban J connectivity index is 1.46. The first-order chi connectivity index (χ1) is 13.2. The van der Waals surface area contributed by atoms with Gasteiger partial charge in [0.2, 0.25) is 0 Å². The predicted molar refractivity (Wildman–Crippen MR) is 99.0 cm³/mol. The highest BCUT2D eigenvalue weighted by molar-refractivity contribution is 5.93. The van der Waals surface area contributed by atoms with Gasteiger partial charge in [0.05, 0.1) is 24.5 Å². The highest BCUT2D eigenvalue weighted by Crippen LogP contribution is 2.27. The molecule has 1 atom stereocenters. The number of nitrogens with zero attached hydrogens (tertiary/aromatic N) is 5. The lowest BCUT2D eigenvalue weighted by molar-refractivity contribution is 0.0699. The topological polar surface area (TPSA) is 99.9 Å². The maximum Gasteiger partial charge on any atom is 0.271 e. The number of piperidine rings is 1. The lowest BCUT2D eigenvalue weighted by Gasteiger charge is -2.31. The molecule has 2 N–H and O–H groups in total. The summed E-state index contributed by atoms with van der Waals surface area (Å²) >= 11 is 0. The van der Waals surface area contributed by atoms with E-state index in [0.29, 0.717) is 18.8 Å². The van der Waals surface area contributed by atoms with E-state index in [9.17, 15) is 4.79 Å². The van der Waals surface area contributed by atoms with E-state index in [2.05, 4.69) is 20.3 Å². The molecule has 0 aliphatic carbocycles. The Hall–Kier alpha value is -3.00. The third-order valence-corrected chi connectivity index (χ3v) is 4.90. The maximum absolute atomic E-state index is 12.9. The van der Waals surface area contributed by atoms with Gasteiger partial charge in [-0.3, -0.25) is 19.6 Å². The average Bonchev–Trinajstić information content (AvgIpc) is 3.39. The molecule has 8 heteroatoms. The van der Waals surface area contributed by atoms with Gasteiger partial charge in [-0.1, -0.05) is 0 Å². The zero-order valence-electron chi connectivity index (χ0n) is 15.0. The molecule has 1 aliphatic heterocycles. The summed E-state index contributed by atoms with van der Waals surface area (Å²) in [5.74, 6) is 0.174. The van der Waals surface area contributed by atoms with Crippen LogP contribution in [0.25, 0.3) is 11.3 Å². The summed E-state index contributed by atoms with van der Waals surface area (Å²) in [5, 5.41) is 20.7. The van der Waals surface area contributed by atoms with Gasteiger partial charge in [-0.25, -0.2) is 0 Å². The molecule has 27 heavy (non-hydrogen) atoms. The molecule has 0 aromatic carbocycles. The van der Waals surface area contributed by atoms with Crippen molar-refractivity contribution in [2.75, 3.05) is 19.7 Å². The van der Waals surface area contributed by atoms with Gasteiger partial charge in [-0.05, 0) is 37.1 Å². The molecule has 4 rings (SSSR count). The van der Waals surface area contributed by atoms with Crippen molar-refractivity contribution in [1.29, 1.82) is 0 Å². The number of amides is 1. The Labute approximate surface area is 156 Å². The van der Waals surface area contributed by atoms with Crippen molar-refractivity contribution in [2.24, 2.45) is 0 Å². The van der Waals surface area contributed by atoms with Crippen LogP contribution in [-0.2, 0) is 6.54 Å². The van der Waals surface area contributed by atoms with Crippen molar-refractivity contribution >= 4 is 5.91 Å². The molecule has 3 aromatic rings. The van der Waals surface area contributed by atoms with E-state index in [1.165, 1.54) is 0 Å². The molecule has 0 saturated carbocycles. The number of aromatic nitrogens is 5. The highest BCUT2D eigenvalue weighted by atomic mass is 16.3. The van der Waals surface area contributed by atoms with Crippen molar-refractivity contribution in [3.8, 4) is 11.3 Å². The summed E-state index contributed by atoms with van der Waals surface area (Å²) in [6.45, 7) is 1.92. The standard InChI is InChI=1S/C19H22N6O2/c26-11-10-25-9-5-16(23-25)15-2-1-8-24(13-15)19(27)18-12-17(21-22-18)14-3-6-20-7-4-14/h3-7,9,12,15,26H,1-2,8,10-11,13H2,(H,21,22)/t15-/m1/s1. The van der Waals surface area contributed by atoms with Crippen LogP contribution >= 0.6 is 0 Å². The van der Waals surface area contributed by atoms with Crippen molar-refractivity contribution in [1.82, 2.24) is 29.9 Å². The average molecular weight is 366 g/mol. The van der Waals surface area contributed by atoms with Crippen LogP contribution in [0.1, 0.15) is 34.9 Å². The smallest absolute Gasteiger partial charge is 0.271 e. The van der Waals surface area contributed by atoms with E-state index in [-0.39, 0.29) is 18.4 Å². The molecule has 4 heterocycles. The van der Waals surface area contributed by atoms with Gasteiger partial charge in [0.1, 0.15) is 5.69 Å². The Bertz CT molecular complexity index is 904. The molecular weight excluding hydrogens is 344 g/mol. The lowest BCUT2D eigenvalue weighted by Crippen LogP contribution is -2.39.